The molecule has 0 radical (unpaired) electrons. The Hall–Kier alpha value is -1.99. The molecular formula is C18H25FN2O4. The Morgan fingerprint density at radius 3 is 2.80 bits per heavy atom. The van der Waals surface area contributed by atoms with E-state index in [4.69, 9.17) is 9.84 Å². The fourth-order valence-corrected chi connectivity index (χ4v) is 3.05. The van der Waals surface area contributed by atoms with Crippen LogP contribution in [0.2, 0.25) is 0 Å². The monoisotopic (exact) mass is 352 g/mol. The first kappa shape index (κ1) is 19.3. The minimum absolute atomic E-state index is 0.0808. The fourth-order valence-electron chi connectivity index (χ4n) is 3.05. The van der Waals surface area contributed by atoms with E-state index in [2.05, 4.69) is 0 Å². The summed E-state index contributed by atoms with van der Waals surface area (Å²) in [6, 6.07) is 6.09. The van der Waals surface area contributed by atoms with Gasteiger partial charge < -0.3 is 14.7 Å². The van der Waals surface area contributed by atoms with Crippen molar-refractivity contribution in [2.45, 2.75) is 25.4 Å². The minimum atomic E-state index is -0.904. The summed E-state index contributed by atoms with van der Waals surface area (Å²) < 4.78 is 19.2. The maximum absolute atomic E-state index is 13.5. The van der Waals surface area contributed by atoms with Crippen LogP contribution in [0.3, 0.4) is 0 Å². The number of nitrogens with zero attached hydrogens (tertiary/aromatic N) is 2. The molecule has 138 valence electrons. The summed E-state index contributed by atoms with van der Waals surface area (Å²) in [5.74, 6) is -1.36. The highest BCUT2D eigenvalue weighted by molar-refractivity contribution is 5.87. The Kier molecular flexibility index (Phi) is 6.13. The van der Waals surface area contributed by atoms with Crippen molar-refractivity contribution < 1.29 is 23.8 Å². The summed E-state index contributed by atoms with van der Waals surface area (Å²) in [7, 11) is 1.70. The van der Waals surface area contributed by atoms with E-state index in [1.54, 1.807) is 42.8 Å². The van der Waals surface area contributed by atoms with Gasteiger partial charge in [0, 0.05) is 19.6 Å². The number of carbonyl (C=O) groups excluding carboxylic acids is 1. The van der Waals surface area contributed by atoms with Crippen LogP contribution in [0.15, 0.2) is 24.3 Å². The van der Waals surface area contributed by atoms with Crippen molar-refractivity contribution in [1.29, 1.82) is 0 Å². The van der Waals surface area contributed by atoms with Crippen LogP contribution in [0.4, 0.5) is 4.39 Å². The van der Waals surface area contributed by atoms with E-state index in [1.807, 2.05) is 0 Å². The van der Waals surface area contributed by atoms with E-state index in [-0.39, 0.29) is 24.4 Å². The molecule has 0 bridgehead atoms. The first-order valence-electron chi connectivity index (χ1n) is 8.27. The lowest BCUT2D eigenvalue weighted by Crippen LogP contribution is -2.53. The van der Waals surface area contributed by atoms with Gasteiger partial charge in [-0.15, -0.1) is 0 Å². The lowest BCUT2D eigenvalue weighted by atomic mass is 9.83. The number of aliphatic carboxylic acids is 1. The summed E-state index contributed by atoms with van der Waals surface area (Å²) in [4.78, 5) is 27.1. The number of morpholine rings is 1. The second-order valence-electron chi connectivity index (χ2n) is 6.97. The van der Waals surface area contributed by atoms with Crippen molar-refractivity contribution in [2.24, 2.45) is 0 Å². The summed E-state index contributed by atoms with van der Waals surface area (Å²) in [6.07, 6.45) is -0.245. The van der Waals surface area contributed by atoms with Crippen LogP contribution in [0.25, 0.3) is 0 Å². The minimum Gasteiger partial charge on any atom is -0.480 e. The zero-order valence-corrected chi connectivity index (χ0v) is 14.9. The standard InChI is InChI=1S/C18H25FN2O4/c1-18(2,13-5-4-6-14(19)9-13)17(24)21-7-8-25-15(11-21)10-20(3)12-16(22)23/h4-6,9,15H,7-8,10-12H2,1-3H3,(H,22,23). The smallest absolute Gasteiger partial charge is 0.317 e. The zero-order chi connectivity index (χ0) is 18.6. The molecule has 1 heterocycles. The molecule has 7 heteroatoms. The molecule has 1 aromatic rings. The number of hydrogen-bond donors (Lipinski definition) is 1. The van der Waals surface area contributed by atoms with Crippen LogP contribution in [-0.4, -0.2) is 72.7 Å². The van der Waals surface area contributed by atoms with Gasteiger partial charge in [0.15, 0.2) is 0 Å². The van der Waals surface area contributed by atoms with Crippen molar-refractivity contribution >= 4 is 11.9 Å². The fraction of sp³-hybridized carbons (Fsp3) is 0.556. The molecule has 1 saturated heterocycles. The topological polar surface area (TPSA) is 70.1 Å². The largest absolute Gasteiger partial charge is 0.480 e. The van der Waals surface area contributed by atoms with Crippen molar-refractivity contribution in [3.63, 3.8) is 0 Å². The molecule has 1 amide bonds. The second kappa shape index (κ2) is 7.93. The lowest BCUT2D eigenvalue weighted by Gasteiger charge is -2.38. The number of likely N-dealkylation sites (N-methyl/N-ethyl adjacent to an activating group) is 1. The van der Waals surface area contributed by atoms with Crippen LogP contribution in [0.1, 0.15) is 19.4 Å². The maximum atomic E-state index is 13.5. The van der Waals surface area contributed by atoms with E-state index in [0.29, 0.717) is 31.8 Å². The van der Waals surface area contributed by atoms with Crippen LogP contribution in [-0.2, 0) is 19.7 Å². The van der Waals surface area contributed by atoms with Crippen molar-refractivity contribution in [1.82, 2.24) is 9.80 Å². The first-order chi connectivity index (χ1) is 11.7. The normalized spacial score (nSPS) is 18.4. The molecule has 1 fully saturated rings. The molecule has 0 saturated carbocycles. The average molecular weight is 352 g/mol. The molecule has 1 aliphatic rings. The molecule has 1 N–H and O–H groups in total. The predicted molar refractivity (Wildman–Crippen MR) is 90.9 cm³/mol. The number of rotatable bonds is 6. The summed E-state index contributed by atoms with van der Waals surface area (Å²) in [5.41, 5.74) is -0.222. The van der Waals surface area contributed by atoms with E-state index in [0.717, 1.165) is 0 Å². The molecular weight excluding hydrogens is 327 g/mol. The summed E-state index contributed by atoms with van der Waals surface area (Å²) in [6.45, 7) is 5.17. The average Bonchev–Trinajstić information content (AvgIpc) is 2.53. The summed E-state index contributed by atoms with van der Waals surface area (Å²) >= 11 is 0. The third kappa shape index (κ3) is 4.99. The van der Waals surface area contributed by atoms with Gasteiger partial charge in [-0.2, -0.15) is 0 Å². The molecule has 6 nitrogen and oxygen atoms in total. The van der Waals surface area contributed by atoms with E-state index in [1.165, 1.54) is 12.1 Å². The molecule has 2 rings (SSSR count). The van der Waals surface area contributed by atoms with Gasteiger partial charge in [-0.1, -0.05) is 12.1 Å². The van der Waals surface area contributed by atoms with Gasteiger partial charge in [0.1, 0.15) is 5.82 Å². The van der Waals surface area contributed by atoms with Crippen LogP contribution in [0, 0.1) is 5.82 Å². The highest BCUT2D eigenvalue weighted by Crippen LogP contribution is 2.27. The van der Waals surface area contributed by atoms with E-state index >= 15 is 0 Å². The molecule has 25 heavy (non-hydrogen) atoms. The third-order valence-corrected chi connectivity index (χ3v) is 4.43. The molecule has 0 aromatic heterocycles. The molecule has 0 spiro atoms. The highest BCUT2D eigenvalue weighted by atomic mass is 19.1. The van der Waals surface area contributed by atoms with Gasteiger partial charge in [0.2, 0.25) is 5.91 Å². The molecule has 1 unspecified atom stereocenters. The van der Waals surface area contributed by atoms with Gasteiger partial charge in [-0.25, -0.2) is 4.39 Å². The maximum Gasteiger partial charge on any atom is 0.317 e. The number of hydrogen-bond acceptors (Lipinski definition) is 4. The van der Waals surface area contributed by atoms with Gasteiger partial charge in [-0.05, 0) is 38.6 Å². The second-order valence-corrected chi connectivity index (χ2v) is 6.97. The number of amides is 1. The molecule has 1 atom stereocenters. The van der Waals surface area contributed by atoms with Gasteiger partial charge in [-0.3, -0.25) is 14.5 Å². The Bertz CT molecular complexity index is 635. The Morgan fingerprint density at radius 1 is 1.44 bits per heavy atom. The number of benzene rings is 1. The Morgan fingerprint density at radius 2 is 2.16 bits per heavy atom. The Balaban J connectivity index is 2.04. The van der Waals surface area contributed by atoms with Crippen molar-refractivity contribution in [3.8, 4) is 0 Å². The van der Waals surface area contributed by atoms with Gasteiger partial charge in [0.25, 0.3) is 0 Å². The van der Waals surface area contributed by atoms with Crippen LogP contribution >= 0.6 is 0 Å². The number of carbonyl (C=O) groups is 2. The van der Waals surface area contributed by atoms with Crippen molar-refractivity contribution in [3.05, 3.63) is 35.6 Å². The third-order valence-electron chi connectivity index (χ3n) is 4.43. The van der Waals surface area contributed by atoms with Crippen LogP contribution < -0.4 is 0 Å². The van der Waals surface area contributed by atoms with Gasteiger partial charge >= 0.3 is 5.97 Å². The molecule has 0 aliphatic carbocycles. The Labute approximate surface area is 147 Å². The SMILES string of the molecule is CN(CC(=O)O)CC1CN(C(=O)C(C)(C)c2cccc(F)c2)CCO1. The number of halogens is 1. The first-order valence-corrected chi connectivity index (χ1v) is 8.27. The number of carboxylic acid groups (broad SMARTS) is 1. The highest BCUT2D eigenvalue weighted by Gasteiger charge is 2.36. The molecule has 1 aromatic carbocycles. The number of ether oxygens (including phenoxy) is 1. The number of carboxylic acids is 1. The van der Waals surface area contributed by atoms with Gasteiger partial charge in [0.05, 0.1) is 24.7 Å². The predicted octanol–water partition coefficient (Wildman–Crippen LogP) is 1.35. The zero-order valence-electron chi connectivity index (χ0n) is 14.9. The summed E-state index contributed by atoms with van der Waals surface area (Å²) in [5, 5.41) is 8.83. The lowest BCUT2D eigenvalue weighted by molar-refractivity contribution is -0.146. The van der Waals surface area contributed by atoms with E-state index in [9.17, 15) is 14.0 Å². The van der Waals surface area contributed by atoms with Crippen LogP contribution in [0.5, 0.6) is 0 Å². The van der Waals surface area contributed by atoms with E-state index < -0.39 is 11.4 Å². The molecule has 1 aliphatic heterocycles. The quantitative estimate of drug-likeness (QED) is 0.837. The van der Waals surface area contributed by atoms with Crippen molar-refractivity contribution in [2.75, 3.05) is 39.8 Å².